The monoisotopic (exact) mass is 331 g/mol. The van der Waals surface area contributed by atoms with Crippen LogP contribution in [-0.4, -0.2) is 47.7 Å². The number of rotatable bonds is 3. The number of fused-ring (bicyclic) bond motifs is 1. The van der Waals surface area contributed by atoms with Crippen molar-refractivity contribution in [2.75, 3.05) is 29.9 Å². The number of nitrogens with one attached hydrogen (secondary N) is 1. The normalized spacial score (nSPS) is 24.5. The number of hydrogen-bond acceptors (Lipinski definition) is 3. The molecule has 1 fully saturated rings. The van der Waals surface area contributed by atoms with Gasteiger partial charge in [-0.15, -0.1) is 0 Å². The number of anilines is 2. The van der Waals surface area contributed by atoms with Crippen molar-refractivity contribution in [3.8, 4) is 0 Å². The molecule has 0 aliphatic carbocycles. The Morgan fingerprint density at radius 1 is 1.42 bits per heavy atom. The maximum absolute atomic E-state index is 13.2. The van der Waals surface area contributed by atoms with Crippen LogP contribution >= 0.6 is 0 Å². The van der Waals surface area contributed by atoms with Gasteiger partial charge in [0.1, 0.15) is 6.04 Å². The summed E-state index contributed by atoms with van der Waals surface area (Å²) in [6.45, 7) is 5.29. The Morgan fingerprint density at radius 2 is 2.17 bits per heavy atom. The molecule has 1 aromatic carbocycles. The van der Waals surface area contributed by atoms with E-state index in [1.54, 1.807) is 9.80 Å². The Bertz CT molecular complexity index is 634. The van der Waals surface area contributed by atoms with Gasteiger partial charge in [-0.2, -0.15) is 0 Å². The van der Waals surface area contributed by atoms with Crippen molar-refractivity contribution in [2.24, 2.45) is 11.8 Å². The highest BCUT2D eigenvalue weighted by molar-refractivity contribution is 6.11. The number of nitrogens with zero attached hydrogens (tertiary/aromatic N) is 2. The molecular formula is C18H25N3O3. The first-order valence-electron chi connectivity index (χ1n) is 8.65. The summed E-state index contributed by atoms with van der Waals surface area (Å²) >= 11 is 0. The molecule has 2 aliphatic rings. The van der Waals surface area contributed by atoms with E-state index in [1.165, 1.54) is 0 Å². The SMILES string of the molecule is CCC(C)C1C(=O)Nc2ccccc2N1C(=O)N1CCC(CO)C1. The van der Waals surface area contributed by atoms with Crippen LogP contribution in [0.3, 0.4) is 0 Å². The maximum Gasteiger partial charge on any atom is 0.325 e. The van der Waals surface area contributed by atoms with Crippen molar-refractivity contribution in [3.63, 3.8) is 0 Å². The molecule has 1 aromatic rings. The summed E-state index contributed by atoms with van der Waals surface area (Å²) in [5.41, 5.74) is 1.42. The predicted molar refractivity (Wildman–Crippen MR) is 93.0 cm³/mol. The average molecular weight is 331 g/mol. The molecular weight excluding hydrogens is 306 g/mol. The van der Waals surface area contributed by atoms with Gasteiger partial charge in [0.25, 0.3) is 0 Å². The predicted octanol–water partition coefficient (Wildman–Crippen LogP) is 2.29. The van der Waals surface area contributed by atoms with E-state index < -0.39 is 6.04 Å². The van der Waals surface area contributed by atoms with E-state index in [9.17, 15) is 14.7 Å². The van der Waals surface area contributed by atoms with Crippen LogP contribution in [0.1, 0.15) is 26.7 Å². The van der Waals surface area contributed by atoms with E-state index in [4.69, 9.17) is 0 Å². The molecule has 3 unspecified atom stereocenters. The van der Waals surface area contributed by atoms with E-state index in [0.717, 1.165) is 18.5 Å². The lowest BCUT2D eigenvalue weighted by Gasteiger charge is -2.40. The van der Waals surface area contributed by atoms with E-state index >= 15 is 0 Å². The number of carbonyl (C=O) groups excluding carboxylic acids is 2. The zero-order valence-electron chi connectivity index (χ0n) is 14.2. The largest absolute Gasteiger partial charge is 0.396 e. The fourth-order valence-corrected chi connectivity index (χ4v) is 3.53. The smallest absolute Gasteiger partial charge is 0.325 e. The first kappa shape index (κ1) is 16.8. The third-order valence-corrected chi connectivity index (χ3v) is 5.17. The summed E-state index contributed by atoms with van der Waals surface area (Å²) in [7, 11) is 0. The molecule has 0 aromatic heterocycles. The molecule has 6 heteroatoms. The van der Waals surface area contributed by atoms with Crippen molar-refractivity contribution >= 4 is 23.3 Å². The first-order chi connectivity index (χ1) is 11.6. The number of para-hydroxylation sites is 2. The number of carbonyl (C=O) groups is 2. The van der Waals surface area contributed by atoms with E-state index in [-0.39, 0.29) is 30.4 Å². The highest BCUT2D eigenvalue weighted by Gasteiger charge is 2.42. The molecule has 0 spiro atoms. The fourth-order valence-electron chi connectivity index (χ4n) is 3.53. The number of urea groups is 1. The van der Waals surface area contributed by atoms with Gasteiger partial charge < -0.3 is 15.3 Å². The van der Waals surface area contributed by atoms with Crippen molar-refractivity contribution in [1.29, 1.82) is 0 Å². The molecule has 0 saturated carbocycles. The average Bonchev–Trinajstić information content (AvgIpc) is 3.08. The van der Waals surface area contributed by atoms with E-state index in [2.05, 4.69) is 5.32 Å². The molecule has 3 rings (SSSR count). The number of aliphatic hydroxyl groups is 1. The number of benzene rings is 1. The molecule has 24 heavy (non-hydrogen) atoms. The molecule has 2 aliphatic heterocycles. The van der Waals surface area contributed by atoms with Crippen LogP contribution in [0.2, 0.25) is 0 Å². The van der Waals surface area contributed by atoms with Crippen LogP contribution in [0.25, 0.3) is 0 Å². The molecule has 1 saturated heterocycles. The van der Waals surface area contributed by atoms with Crippen LogP contribution in [-0.2, 0) is 4.79 Å². The lowest BCUT2D eigenvalue weighted by molar-refractivity contribution is -0.118. The Kier molecular flexibility index (Phi) is 4.76. The lowest BCUT2D eigenvalue weighted by atomic mass is 9.94. The summed E-state index contributed by atoms with van der Waals surface area (Å²) in [6.07, 6.45) is 1.61. The number of likely N-dealkylation sites (tertiary alicyclic amines) is 1. The third-order valence-electron chi connectivity index (χ3n) is 5.17. The minimum absolute atomic E-state index is 0.0542. The highest BCUT2D eigenvalue weighted by Crippen LogP contribution is 2.36. The van der Waals surface area contributed by atoms with Gasteiger partial charge >= 0.3 is 6.03 Å². The molecule has 6 nitrogen and oxygen atoms in total. The van der Waals surface area contributed by atoms with Crippen LogP contribution in [0.5, 0.6) is 0 Å². The van der Waals surface area contributed by atoms with Gasteiger partial charge in [-0.05, 0) is 24.5 Å². The second-order valence-corrected chi connectivity index (χ2v) is 6.77. The van der Waals surface area contributed by atoms with Crippen LogP contribution < -0.4 is 10.2 Å². The molecule has 2 N–H and O–H groups in total. The van der Waals surface area contributed by atoms with Crippen LogP contribution in [0, 0.1) is 11.8 Å². The molecule has 130 valence electrons. The Labute approximate surface area is 142 Å². The summed E-state index contributed by atoms with van der Waals surface area (Å²) < 4.78 is 0. The van der Waals surface area contributed by atoms with Gasteiger partial charge in [0, 0.05) is 25.6 Å². The summed E-state index contributed by atoms with van der Waals surface area (Å²) in [5, 5.41) is 12.3. The van der Waals surface area contributed by atoms with Gasteiger partial charge in [-0.25, -0.2) is 4.79 Å². The minimum atomic E-state index is -0.509. The standard InChI is InChI=1S/C18H25N3O3/c1-3-12(2)16-17(23)19-14-6-4-5-7-15(14)21(16)18(24)20-9-8-13(10-20)11-22/h4-7,12-13,16,22H,3,8-11H2,1-2H3,(H,19,23). The van der Waals surface area contributed by atoms with Crippen LogP contribution in [0.4, 0.5) is 16.2 Å². The first-order valence-corrected chi connectivity index (χ1v) is 8.65. The number of aliphatic hydroxyl groups excluding tert-OH is 1. The van der Waals surface area contributed by atoms with Crippen LogP contribution in [0.15, 0.2) is 24.3 Å². The topological polar surface area (TPSA) is 72.9 Å². The van der Waals surface area contributed by atoms with Crippen molar-refractivity contribution in [1.82, 2.24) is 4.90 Å². The lowest BCUT2D eigenvalue weighted by Crippen LogP contribution is -2.57. The Morgan fingerprint density at radius 3 is 2.83 bits per heavy atom. The van der Waals surface area contributed by atoms with Crippen molar-refractivity contribution in [3.05, 3.63) is 24.3 Å². The van der Waals surface area contributed by atoms with Crippen molar-refractivity contribution < 1.29 is 14.7 Å². The van der Waals surface area contributed by atoms with Gasteiger partial charge in [0.2, 0.25) is 5.91 Å². The van der Waals surface area contributed by atoms with Crippen molar-refractivity contribution in [2.45, 2.75) is 32.7 Å². The summed E-state index contributed by atoms with van der Waals surface area (Å²) in [5.74, 6) is 0.0534. The number of amides is 3. The Balaban J connectivity index is 1.96. The third kappa shape index (κ3) is 2.86. The molecule has 0 bridgehead atoms. The Hall–Kier alpha value is -2.08. The van der Waals surface area contributed by atoms with Gasteiger partial charge in [-0.1, -0.05) is 32.4 Å². The maximum atomic E-state index is 13.2. The van der Waals surface area contributed by atoms with Gasteiger partial charge in [0.15, 0.2) is 0 Å². The molecule has 3 amide bonds. The summed E-state index contributed by atoms with van der Waals surface area (Å²) in [4.78, 5) is 29.2. The zero-order chi connectivity index (χ0) is 17.3. The number of hydrogen-bond donors (Lipinski definition) is 2. The van der Waals surface area contributed by atoms with E-state index in [0.29, 0.717) is 18.8 Å². The fraction of sp³-hybridized carbons (Fsp3) is 0.556. The quantitative estimate of drug-likeness (QED) is 0.892. The van der Waals surface area contributed by atoms with Gasteiger partial charge in [-0.3, -0.25) is 9.69 Å². The molecule has 2 heterocycles. The minimum Gasteiger partial charge on any atom is -0.396 e. The van der Waals surface area contributed by atoms with Gasteiger partial charge in [0.05, 0.1) is 11.4 Å². The van der Waals surface area contributed by atoms with E-state index in [1.807, 2.05) is 38.1 Å². The molecule has 0 radical (unpaired) electrons. The molecule has 3 atom stereocenters. The second kappa shape index (κ2) is 6.81. The highest BCUT2D eigenvalue weighted by atomic mass is 16.3. The summed E-state index contributed by atoms with van der Waals surface area (Å²) in [6, 6.07) is 6.78. The second-order valence-electron chi connectivity index (χ2n) is 6.77. The zero-order valence-corrected chi connectivity index (χ0v) is 14.2.